The van der Waals surface area contributed by atoms with Gasteiger partial charge in [0.25, 0.3) is 0 Å². The Bertz CT molecular complexity index is 618. The number of nitrogens with zero attached hydrogens (tertiary/aromatic N) is 1. The molecule has 2 rings (SSSR count). The lowest BCUT2D eigenvalue weighted by molar-refractivity contribution is 0.0987. The lowest BCUT2D eigenvalue weighted by Gasteiger charge is -2.25. The molecule has 0 saturated heterocycles. The number of hydrogen-bond acceptors (Lipinski definition) is 4. The third kappa shape index (κ3) is 3.45. The fourth-order valence-electron chi connectivity index (χ4n) is 2.25. The summed E-state index contributed by atoms with van der Waals surface area (Å²) in [5.74, 6) is 1.91. The maximum atomic E-state index is 11.3. The van der Waals surface area contributed by atoms with E-state index in [0.29, 0.717) is 11.6 Å². The van der Waals surface area contributed by atoms with Gasteiger partial charge >= 0.3 is 0 Å². The molecule has 0 aliphatic heterocycles. The maximum absolute atomic E-state index is 11.3. The predicted molar refractivity (Wildman–Crippen MR) is 83.3 cm³/mol. The molecule has 1 atom stereocenters. The summed E-state index contributed by atoms with van der Waals surface area (Å²) in [5.41, 5.74) is 1.15. The molecule has 0 spiro atoms. The van der Waals surface area contributed by atoms with Gasteiger partial charge in [-0.15, -0.1) is 0 Å². The van der Waals surface area contributed by atoms with Crippen molar-refractivity contribution in [1.82, 2.24) is 0 Å². The van der Waals surface area contributed by atoms with Gasteiger partial charge < -0.3 is 14.1 Å². The smallest absolute Gasteiger partial charge is 0.196 e. The third-order valence-electron chi connectivity index (χ3n) is 3.66. The van der Waals surface area contributed by atoms with Gasteiger partial charge in [0.05, 0.1) is 7.11 Å². The Balaban J connectivity index is 2.11. The van der Waals surface area contributed by atoms with E-state index in [0.717, 1.165) is 17.7 Å². The van der Waals surface area contributed by atoms with Gasteiger partial charge in [-0.2, -0.15) is 0 Å². The Morgan fingerprint density at radius 1 is 1.29 bits per heavy atom. The van der Waals surface area contributed by atoms with Crippen LogP contribution in [0.5, 0.6) is 5.75 Å². The van der Waals surface area contributed by atoms with Gasteiger partial charge in [0.2, 0.25) is 0 Å². The van der Waals surface area contributed by atoms with Crippen molar-refractivity contribution in [3.05, 3.63) is 47.7 Å². The minimum atomic E-state index is -0.0629. The first-order chi connectivity index (χ1) is 10.0. The van der Waals surface area contributed by atoms with Crippen LogP contribution in [0.4, 0.5) is 5.88 Å². The normalized spacial score (nSPS) is 12.0. The SMILES string of the molecule is COc1ccccc1CC(C)N(C)c1ccc(C(C)=O)o1. The third-order valence-corrected chi connectivity index (χ3v) is 3.66. The minimum Gasteiger partial charge on any atom is -0.496 e. The largest absolute Gasteiger partial charge is 0.496 e. The molecule has 1 heterocycles. The van der Waals surface area contributed by atoms with Crippen molar-refractivity contribution in [3.8, 4) is 5.75 Å². The first-order valence-corrected chi connectivity index (χ1v) is 6.98. The quantitative estimate of drug-likeness (QED) is 0.762. The van der Waals surface area contributed by atoms with E-state index >= 15 is 0 Å². The molecule has 4 heteroatoms. The molecule has 0 saturated carbocycles. The first-order valence-electron chi connectivity index (χ1n) is 6.98. The first kappa shape index (κ1) is 15.2. The fourth-order valence-corrected chi connectivity index (χ4v) is 2.25. The number of benzene rings is 1. The van der Waals surface area contributed by atoms with Gasteiger partial charge in [0.1, 0.15) is 5.75 Å². The van der Waals surface area contributed by atoms with E-state index in [-0.39, 0.29) is 11.8 Å². The van der Waals surface area contributed by atoms with Crippen LogP contribution in [-0.4, -0.2) is 26.0 Å². The Morgan fingerprint density at radius 3 is 2.62 bits per heavy atom. The molecule has 112 valence electrons. The number of likely N-dealkylation sites (N-methyl/N-ethyl adjacent to an activating group) is 1. The number of ether oxygens (including phenoxy) is 1. The summed E-state index contributed by atoms with van der Waals surface area (Å²) >= 11 is 0. The number of furan rings is 1. The van der Waals surface area contributed by atoms with Crippen molar-refractivity contribution >= 4 is 11.7 Å². The van der Waals surface area contributed by atoms with Crippen LogP contribution in [-0.2, 0) is 6.42 Å². The Morgan fingerprint density at radius 2 is 2.00 bits per heavy atom. The van der Waals surface area contributed by atoms with Gasteiger partial charge in [-0.05, 0) is 31.0 Å². The predicted octanol–water partition coefficient (Wildman–Crippen LogP) is 3.56. The summed E-state index contributed by atoms with van der Waals surface area (Å²) < 4.78 is 10.9. The highest BCUT2D eigenvalue weighted by Crippen LogP contribution is 2.24. The number of hydrogen-bond donors (Lipinski definition) is 0. The zero-order chi connectivity index (χ0) is 15.4. The fraction of sp³-hybridized carbons (Fsp3) is 0.353. The molecule has 0 amide bonds. The highest BCUT2D eigenvalue weighted by atomic mass is 16.5. The minimum absolute atomic E-state index is 0.0629. The Labute approximate surface area is 125 Å². The molecular formula is C17H21NO3. The summed E-state index contributed by atoms with van der Waals surface area (Å²) in [6.07, 6.45) is 0.830. The molecule has 1 aromatic carbocycles. The summed E-state index contributed by atoms with van der Waals surface area (Å²) in [7, 11) is 3.64. The standard InChI is InChI=1S/C17H21NO3/c1-12(11-14-7-5-6-8-16(14)20-4)18(3)17-10-9-15(21-17)13(2)19/h5-10,12H,11H2,1-4H3. The molecule has 1 aromatic heterocycles. The van der Waals surface area contributed by atoms with E-state index < -0.39 is 0 Å². The number of carbonyl (C=O) groups is 1. The molecule has 0 N–H and O–H groups in total. The number of carbonyl (C=O) groups excluding carboxylic acids is 1. The molecule has 0 bridgehead atoms. The van der Waals surface area contributed by atoms with Crippen LogP contribution in [0.1, 0.15) is 30.0 Å². The lowest BCUT2D eigenvalue weighted by Crippen LogP contribution is -2.30. The topological polar surface area (TPSA) is 42.7 Å². The second kappa shape index (κ2) is 6.48. The van der Waals surface area contributed by atoms with Crippen molar-refractivity contribution in [2.75, 3.05) is 19.1 Å². The highest BCUT2D eigenvalue weighted by Gasteiger charge is 2.16. The molecule has 21 heavy (non-hydrogen) atoms. The molecular weight excluding hydrogens is 266 g/mol. The molecule has 4 nitrogen and oxygen atoms in total. The van der Waals surface area contributed by atoms with Crippen LogP contribution < -0.4 is 9.64 Å². The van der Waals surface area contributed by atoms with Gasteiger partial charge in [0.15, 0.2) is 17.4 Å². The Kier molecular flexibility index (Phi) is 4.68. The number of methoxy groups -OCH3 is 1. The van der Waals surface area contributed by atoms with Crippen LogP contribution in [0.3, 0.4) is 0 Å². The van der Waals surface area contributed by atoms with Crippen LogP contribution in [0, 0.1) is 0 Å². The lowest BCUT2D eigenvalue weighted by atomic mass is 10.1. The molecule has 1 unspecified atom stereocenters. The van der Waals surface area contributed by atoms with Crippen molar-refractivity contribution in [2.24, 2.45) is 0 Å². The van der Waals surface area contributed by atoms with E-state index in [2.05, 4.69) is 13.0 Å². The molecule has 0 fully saturated rings. The second-order valence-electron chi connectivity index (χ2n) is 5.17. The molecule has 0 aliphatic rings. The number of para-hydroxylation sites is 1. The summed E-state index contributed by atoms with van der Waals surface area (Å²) in [6, 6.07) is 11.7. The van der Waals surface area contributed by atoms with Crippen molar-refractivity contribution in [1.29, 1.82) is 0 Å². The zero-order valence-electron chi connectivity index (χ0n) is 12.9. The van der Waals surface area contributed by atoms with E-state index in [1.807, 2.05) is 36.2 Å². The molecule has 2 aromatic rings. The van der Waals surface area contributed by atoms with E-state index in [4.69, 9.17) is 9.15 Å². The van der Waals surface area contributed by atoms with Crippen LogP contribution in [0.25, 0.3) is 0 Å². The van der Waals surface area contributed by atoms with Gasteiger partial charge in [-0.25, -0.2) is 0 Å². The monoisotopic (exact) mass is 287 g/mol. The maximum Gasteiger partial charge on any atom is 0.196 e. The van der Waals surface area contributed by atoms with Gasteiger partial charge in [-0.1, -0.05) is 18.2 Å². The number of rotatable bonds is 6. The van der Waals surface area contributed by atoms with Crippen molar-refractivity contribution in [2.45, 2.75) is 26.3 Å². The number of ketones is 1. The summed E-state index contributed by atoms with van der Waals surface area (Å²) in [4.78, 5) is 13.3. The van der Waals surface area contributed by atoms with Crippen LogP contribution in [0.15, 0.2) is 40.8 Å². The molecule has 0 radical (unpaired) electrons. The number of Topliss-reactive ketones (excluding diaryl/α,β-unsaturated/α-hetero) is 1. The van der Waals surface area contributed by atoms with E-state index in [1.165, 1.54) is 6.92 Å². The summed E-state index contributed by atoms with van der Waals surface area (Å²) in [6.45, 7) is 3.61. The van der Waals surface area contributed by atoms with Crippen LogP contribution >= 0.6 is 0 Å². The summed E-state index contributed by atoms with van der Waals surface area (Å²) in [5, 5.41) is 0. The second-order valence-corrected chi connectivity index (χ2v) is 5.17. The number of anilines is 1. The average molecular weight is 287 g/mol. The zero-order valence-corrected chi connectivity index (χ0v) is 12.9. The van der Waals surface area contributed by atoms with Crippen LogP contribution in [0.2, 0.25) is 0 Å². The van der Waals surface area contributed by atoms with E-state index in [9.17, 15) is 4.79 Å². The van der Waals surface area contributed by atoms with E-state index in [1.54, 1.807) is 13.2 Å². The van der Waals surface area contributed by atoms with Gasteiger partial charge in [0, 0.05) is 26.1 Å². The van der Waals surface area contributed by atoms with Gasteiger partial charge in [-0.3, -0.25) is 4.79 Å². The van der Waals surface area contributed by atoms with Crippen molar-refractivity contribution < 1.29 is 13.9 Å². The Hall–Kier alpha value is -2.23. The average Bonchev–Trinajstić information content (AvgIpc) is 2.97. The van der Waals surface area contributed by atoms with Crippen molar-refractivity contribution in [3.63, 3.8) is 0 Å². The molecule has 0 aliphatic carbocycles. The highest BCUT2D eigenvalue weighted by molar-refractivity contribution is 5.91.